The standard InChI is InChI=1S/C19H20F3N3O2/c1-12-7-14(10-23-9-12)4-6-17(26)25-16-8-15(5-3-13(16)2)18(27)24-11-19(20,21)22/h3,5,7-10H,4,6,11H2,1-2H3,(H,24,27)(H,25,26). The lowest BCUT2D eigenvalue weighted by atomic mass is 10.1. The number of halogens is 3. The van der Waals surface area contributed by atoms with E-state index in [2.05, 4.69) is 10.3 Å². The summed E-state index contributed by atoms with van der Waals surface area (Å²) in [6.45, 7) is 2.23. The van der Waals surface area contributed by atoms with E-state index < -0.39 is 18.6 Å². The SMILES string of the molecule is Cc1cncc(CCC(=O)Nc2cc(C(=O)NCC(F)(F)F)ccc2C)c1. The van der Waals surface area contributed by atoms with Gasteiger partial charge in [-0.25, -0.2) is 0 Å². The Labute approximate surface area is 155 Å². The summed E-state index contributed by atoms with van der Waals surface area (Å²) in [4.78, 5) is 28.1. The maximum absolute atomic E-state index is 12.2. The number of pyridine rings is 1. The Kier molecular flexibility index (Phi) is 6.55. The highest BCUT2D eigenvalue weighted by Gasteiger charge is 2.28. The van der Waals surface area contributed by atoms with Crippen molar-refractivity contribution in [3.05, 3.63) is 58.9 Å². The molecule has 1 aromatic carbocycles. The number of carbonyl (C=O) groups excluding carboxylic acids is 2. The van der Waals surface area contributed by atoms with Gasteiger partial charge in [-0.3, -0.25) is 14.6 Å². The minimum atomic E-state index is -4.48. The molecule has 0 radical (unpaired) electrons. The van der Waals surface area contributed by atoms with E-state index in [1.807, 2.05) is 18.3 Å². The largest absolute Gasteiger partial charge is 0.405 e. The molecule has 0 saturated carbocycles. The number of benzene rings is 1. The van der Waals surface area contributed by atoms with Crippen molar-refractivity contribution >= 4 is 17.5 Å². The van der Waals surface area contributed by atoms with Crippen LogP contribution in [-0.4, -0.2) is 29.5 Å². The van der Waals surface area contributed by atoms with Crippen molar-refractivity contribution in [2.75, 3.05) is 11.9 Å². The van der Waals surface area contributed by atoms with Gasteiger partial charge >= 0.3 is 6.18 Å². The number of rotatable bonds is 6. The number of carbonyl (C=O) groups is 2. The number of aryl methyl sites for hydroxylation is 3. The topological polar surface area (TPSA) is 71.1 Å². The predicted octanol–water partition coefficient (Wildman–Crippen LogP) is 3.56. The molecule has 2 amide bonds. The first-order valence-corrected chi connectivity index (χ1v) is 8.30. The number of nitrogens with one attached hydrogen (secondary N) is 2. The van der Waals surface area contributed by atoms with Crippen molar-refractivity contribution in [3.8, 4) is 0 Å². The van der Waals surface area contributed by atoms with E-state index in [4.69, 9.17) is 0 Å². The zero-order valence-corrected chi connectivity index (χ0v) is 15.0. The highest BCUT2D eigenvalue weighted by Crippen LogP contribution is 2.18. The normalized spacial score (nSPS) is 11.1. The summed E-state index contributed by atoms with van der Waals surface area (Å²) in [6.07, 6.45) is -0.345. The smallest absolute Gasteiger partial charge is 0.343 e. The molecule has 0 aliphatic carbocycles. The molecular formula is C19H20F3N3O2. The van der Waals surface area contributed by atoms with Crippen LogP contribution in [0, 0.1) is 13.8 Å². The molecule has 144 valence electrons. The van der Waals surface area contributed by atoms with Gasteiger partial charge in [0.05, 0.1) is 0 Å². The number of hydrogen-bond acceptors (Lipinski definition) is 3. The highest BCUT2D eigenvalue weighted by atomic mass is 19.4. The molecule has 0 spiro atoms. The summed E-state index contributed by atoms with van der Waals surface area (Å²) in [6, 6.07) is 6.29. The monoisotopic (exact) mass is 379 g/mol. The molecular weight excluding hydrogens is 359 g/mol. The van der Waals surface area contributed by atoms with E-state index in [1.54, 1.807) is 25.4 Å². The van der Waals surface area contributed by atoms with Crippen LogP contribution >= 0.6 is 0 Å². The van der Waals surface area contributed by atoms with Gasteiger partial charge in [0, 0.05) is 30.1 Å². The Morgan fingerprint density at radius 1 is 1.11 bits per heavy atom. The molecule has 0 unspecified atom stereocenters. The number of aromatic nitrogens is 1. The molecule has 0 saturated heterocycles. The van der Waals surface area contributed by atoms with Gasteiger partial charge in [0.2, 0.25) is 5.91 Å². The Morgan fingerprint density at radius 3 is 2.52 bits per heavy atom. The fourth-order valence-electron chi connectivity index (χ4n) is 2.41. The first kappa shape index (κ1) is 20.4. The minimum absolute atomic E-state index is 0.0445. The second kappa shape index (κ2) is 8.66. The zero-order valence-electron chi connectivity index (χ0n) is 15.0. The van der Waals surface area contributed by atoms with Crippen LogP contribution in [0.25, 0.3) is 0 Å². The molecule has 1 aromatic heterocycles. The van der Waals surface area contributed by atoms with Gasteiger partial charge in [-0.2, -0.15) is 13.2 Å². The van der Waals surface area contributed by atoms with E-state index in [-0.39, 0.29) is 17.9 Å². The van der Waals surface area contributed by atoms with Crippen molar-refractivity contribution < 1.29 is 22.8 Å². The van der Waals surface area contributed by atoms with Crippen LogP contribution in [0.2, 0.25) is 0 Å². The maximum Gasteiger partial charge on any atom is 0.405 e. The van der Waals surface area contributed by atoms with E-state index in [1.165, 1.54) is 12.1 Å². The summed E-state index contributed by atoms with van der Waals surface area (Å²) >= 11 is 0. The van der Waals surface area contributed by atoms with Gasteiger partial charge in [-0.05, 0) is 49.1 Å². The fraction of sp³-hybridized carbons (Fsp3) is 0.316. The molecule has 0 bridgehead atoms. The van der Waals surface area contributed by atoms with Crippen LogP contribution in [0.1, 0.15) is 33.5 Å². The third-order valence-electron chi connectivity index (χ3n) is 3.80. The van der Waals surface area contributed by atoms with Crippen LogP contribution in [-0.2, 0) is 11.2 Å². The lowest BCUT2D eigenvalue weighted by molar-refractivity contribution is -0.123. The second-order valence-electron chi connectivity index (χ2n) is 6.25. The minimum Gasteiger partial charge on any atom is -0.343 e. The van der Waals surface area contributed by atoms with Gasteiger partial charge in [-0.15, -0.1) is 0 Å². The average molecular weight is 379 g/mol. The average Bonchev–Trinajstić information content (AvgIpc) is 2.59. The van der Waals surface area contributed by atoms with Crippen molar-refractivity contribution in [3.63, 3.8) is 0 Å². The van der Waals surface area contributed by atoms with Crippen molar-refractivity contribution in [1.82, 2.24) is 10.3 Å². The first-order valence-electron chi connectivity index (χ1n) is 8.30. The Hall–Kier alpha value is -2.90. The number of alkyl halides is 3. The predicted molar refractivity (Wildman–Crippen MR) is 95.5 cm³/mol. The molecule has 0 atom stereocenters. The van der Waals surface area contributed by atoms with E-state index in [0.717, 1.165) is 11.1 Å². The molecule has 27 heavy (non-hydrogen) atoms. The van der Waals surface area contributed by atoms with Crippen LogP contribution < -0.4 is 10.6 Å². The fourth-order valence-corrected chi connectivity index (χ4v) is 2.41. The van der Waals surface area contributed by atoms with E-state index in [9.17, 15) is 22.8 Å². The summed E-state index contributed by atoms with van der Waals surface area (Å²) in [5.41, 5.74) is 3.07. The lowest BCUT2D eigenvalue weighted by Gasteiger charge is -2.12. The summed E-state index contributed by atoms with van der Waals surface area (Å²) < 4.78 is 36.7. The summed E-state index contributed by atoms with van der Waals surface area (Å²) in [5, 5.41) is 4.51. The van der Waals surface area contributed by atoms with Crippen molar-refractivity contribution in [2.24, 2.45) is 0 Å². The molecule has 2 rings (SSSR count). The quantitative estimate of drug-likeness (QED) is 0.806. The van der Waals surface area contributed by atoms with Crippen LogP contribution in [0.3, 0.4) is 0 Å². The van der Waals surface area contributed by atoms with Gasteiger partial charge in [0.15, 0.2) is 0 Å². The third kappa shape index (κ3) is 6.73. The molecule has 0 aliphatic rings. The molecule has 5 nitrogen and oxygen atoms in total. The van der Waals surface area contributed by atoms with Crippen molar-refractivity contribution in [2.45, 2.75) is 32.9 Å². The van der Waals surface area contributed by atoms with Gasteiger partial charge in [0.25, 0.3) is 5.91 Å². The Balaban J connectivity index is 1.98. The van der Waals surface area contributed by atoms with Crippen LogP contribution in [0.15, 0.2) is 36.7 Å². The van der Waals surface area contributed by atoms with Crippen molar-refractivity contribution in [1.29, 1.82) is 0 Å². The molecule has 1 heterocycles. The van der Waals surface area contributed by atoms with Gasteiger partial charge in [-0.1, -0.05) is 12.1 Å². The van der Waals surface area contributed by atoms with Gasteiger partial charge < -0.3 is 10.6 Å². The molecule has 8 heteroatoms. The molecule has 2 aromatic rings. The van der Waals surface area contributed by atoms with Crippen LogP contribution in [0.5, 0.6) is 0 Å². The number of hydrogen-bond donors (Lipinski definition) is 2. The third-order valence-corrected chi connectivity index (χ3v) is 3.80. The molecule has 0 fully saturated rings. The summed E-state index contributed by atoms with van der Waals surface area (Å²) in [5.74, 6) is -1.11. The van der Waals surface area contributed by atoms with E-state index in [0.29, 0.717) is 17.7 Å². The van der Waals surface area contributed by atoms with E-state index >= 15 is 0 Å². The number of amides is 2. The zero-order chi connectivity index (χ0) is 20.0. The summed E-state index contributed by atoms with van der Waals surface area (Å²) in [7, 11) is 0. The lowest BCUT2D eigenvalue weighted by Crippen LogP contribution is -2.33. The number of nitrogens with zero attached hydrogens (tertiary/aromatic N) is 1. The first-order chi connectivity index (χ1) is 12.6. The second-order valence-corrected chi connectivity index (χ2v) is 6.25. The Bertz CT molecular complexity index is 835. The maximum atomic E-state index is 12.2. The number of anilines is 1. The molecule has 2 N–H and O–H groups in total. The highest BCUT2D eigenvalue weighted by molar-refractivity contribution is 5.97. The van der Waals surface area contributed by atoms with Crippen LogP contribution in [0.4, 0.5) is 18.9 Å². The Morgan fingerprint density at radius 2 is 1.85 bits per heavy atom. The van der Waals surface area contributed by atoms with Gasteiger partial charge in [0.1, 0.15) is 6.54 Å². The molecule has 0 aliphatic heterocycles.